The van der Waals surface area contributed by atoms with E-state index in [1.807, 2.05) is 43.3 Å². The van der Waals surface area contributed by atoms with Crippen molar-refractivity contribution < 1.29 is 13.9 Å². The number of benzene rings is 1. The Morgan fingerprint density at radius 1 is 1.10 bits per heavy atom. The van der Waals surface area contributed by atoms with Gasteiger partial charge in [0.15, 0.2) is 17.6 Å². The minimum Gasteiger partial charge on any atom is -0.490 e. The van der Waals surface area contributed by atoms with Crippen LogP contribution >= 0.6 is 0 Å². The van der Waals surface area contributed by atoms with Gasteiger partial charge in [0.05, 0.1) is 12.9 Å². The quantitative estimate of drug-likeness (QED) is 0.800. The lowest BCUT2D eigenvalue weighted by Gasteiger charge is -2.23. The summed E-state index contributed by atoms with van der Waals surface area (Å²) in [5, 5.41) is 0. The van der Waals surface area contributed by atoms with E-state index in [-0.39, 0.29) is 12.1 Å². The summed E-state index contributed by atoms with van der Waals surface area (Å²) in [7, 11) is 0. The van der Waals surface area contributed by atoms with Gasteiger partial charge in [-0.05, 0) is 37.1 Å². The predicted octanol–water partition coefficient (Wildman–Crippen LogP) is 3.93. The van der Waals surface area contributed by atoms with Crippen molar-refractivity contribution in [2.24, 2.45) is 5.73 Å². The fourth-order valence-electron chi connectivity index (χ4n) is 2.04. The molecule has 0 aliphatic heterocycles. The third-order valence-corrected chi connectivity index (χ3v) is 3.25. The molecule has 1 aromatic heterocycles. The topological polar surface area (TPSA) is 57.6 Å². The van der Waals surface area contributed by atoms with Gasteiger partial charge >= 0.3 is 0 Å². The fraction of sp³-hybridized carbons (Fsp3) is 0.412. The molecule has 2 N–H and O–H groups in total. The third-order valence-electron chi connectivity index (χ3n) is 3.25. The first-order chi connectivity index (χ1) is 10.3. The highest BCUT2D eigenvalue weighted by Gasteiger charge is 2.24. The van der Waals surface area contributed by atoms with Crippen LogP contribution in [0.3, 0.4) is 0 Å². The highest BCUT2D eigenvalue weighted by molar-refractivity contribution is 5.40. The number of ether oxygens (including phenoxy) is 2. The summed E-state index contributed by atoms with van der Waals surface area (Å²) in [6.07, 6.45) is 3.05. The number of furan rings is 1. The van der Waals surface area contributed by atoms with Gasteiger partial charge in [-0.3, -0.25) is 0 Å². The Morgan fingerprint density at radius 3 is 2.48 bits per heavy atom. The largest absolute Gasteiger partial charge is 0.490 e. The van der Waals surface area contributed by atoms with E-state index >= 15 is 0 Å². The fourth-order valence-corrected chi connectivity index (χ4v) is 2.04. The first kappa shape index (κ1) is 15.4. The molecule has 0 fully saturated rings. The minimum atomic E-state index is -0.323. The van der Waals surface area contributed by atoms with Gasteiger partial charge in [-0.1, -0.05) is 26.0 Å². The summed E-state index contributed by atoms with van der Waals surface area (Å²) >= 11 is 0. The van der Waals surface area contributed by atoms with Crippen LogP contribution in [0, 0.1) is 0 Å². The van der Waals surface area contributed by atoms with Gasteiger partial charge < -0.3 is 19.6 Å². The average molecular weight is 289 g/mol. The number of hydrogen-bond acceptors (Lipinski definition) is 4. The maximum absolute atomic E-state index is 6.18. The molecular weight excluding hydrogens is 266 g/mol. The van der Waals surface area contributed by atoms with E-state index in [0.29, 0.717) is 12.4 Å². The zero-order chi connectivity index (χ0) is 15.1. The predicted molar refractivity (Wildman–Crippen MR) is 82.6 cm³/mol. The highest BCUT2D eigenvalue weighted by atomic mass is 16.5. The van der Waals surface area contributed by atoms with E-state index in [9.17, 15) is 0 Å². The number of nitrogens with two attached hydrogens (primary N) is 1. The Morgan fingerprint density at radius 2 is 1.86 bits per heavy atom. The van der Waals surface area contributed by atoms with E-state index < -0.39 is 0 Å². The molecule has 4 heteroatoms. The van der Waals surface area contributed by atoms with E-state index in [1.165, 1.54) is 0 Å². The maximum Gasteiger partial charge on any atom is 0.171 e. The molecule has 1 heterocycles. The molecule has 0 radical (unpaired) electrons. The first-order valence-electron chi connectivity index (χ1n) is 7.43. The summed E-state index contributed by atoms with van der Waals surface area (Å²) in [4.78, 5) is 0. The lowest BCUT2D eigenvalue weighted by Crippen LogP contribution is -2.31. The van der Waals surface area contributed by atoms with E-state index in [0.717, 1.165) is 24.4 Å². The second-order valence-corrected chi connectivity index (χ2v) is 4.92. The van der Waals surface area contributed by atoms with Crippen LogP contribution in [0.15, 0.2) is 47.1 Å². The molecule has 0 saturated heterocycles. The van der Waals surface area contributed by atoms with E-state index in [1.54, 1.807) is 6.26 Å². The van der Waals surface area contributed by atoms with Gasteiger partial charge in [-0.15, -0.1) is 0 Å². The third kappa shape index (κ3) is 4.02. The molecule has 0 aliphatic carbocycles. The minimum absolute atomic E-state index is 0.143. The van der Waals surface area contributed by atoms with E-state index in [4.69, 9.17) is 19.6 Å². The molecule has 0 saturated carbocycles. The zero-order valence-electron chi connectivity index (χ0n) is 12.6. The van der Waals surface area contributed by atoms with Gasteiger partial charge in [-0.25, -0.2) is 0 Å². The van der Waals surface area contributed by atoms with Crippen LogP contribution in [-0.4, -0.2) is 12.6 Å². The number of rotatable bonds is 8. The molecule has 0 aliphatic rings. The van der Waals surface area contributed by atoms with Crippen molar-refractivity contribution in [3.63, 3.8) is 0 Å². The van der Waals surface area contributed by atoms with Gasteiger partial charge in [0, 0.05) is 6.04 Å². The Bertz CT molecular complexity index is 525. The lowest BCUT2D eigenvalue weighted by atomic mass is 10.1. The first-order valence-corrected chi connectivity index (χ1v) is 7.43. The molecule has 2 rings (SSSR count). The average Bonchev–Trinajstić information content (AvgIpc) is 3.04. The molecule has 0 amide bonds. The molecule has 2 unspecified atom stereocenters. The van der Waals surface area contributed by atoms with Crippen molar-refractivity contribution in [2.45, 2.75) is 38.8 Å². The van der Waals surface area contributed by atoms with Crippen LogP contribution in [-0.2, 0) is 0 Å². The Balaban J connectivity index is 2.20. The van der Waals surface area contributed by atoms with Gasteiger partial charge in [0.25, 0.3) is 0 Å². The second-order valence-electron chi connectivity index (χ2n) is 4.92. The Hall–Kier alpha value is -1.94. The maximum atomic E-state index is 6.18. The van der Waals surface area contributed by atoms with Crippen LogP contribution < -0.4 is 15.2 Å². The molecule has 2 aromatic rings. The van der Waals surface area contributed by atoms with Crippen LogP contribution in [0.4, 0.5) is 0 Å². The summed E-state index contributed by atoms with van der Waals surface area (Å²) < 4.78 is 17.3. The molecule has 4 nitrogen and oxygen atoms in total. The van der Waals surface area contributed by atoms with Crippen molar-refractivity contribution in [2.75, 3.05) is 6.61 Å². The van der Waals surface area contributed by atoms with E-state index in [2.05, 4.69) is 6.92 Å². The molecular formula is C17H23NO3. The smallest absolute Gasteiger partial charge is 0.171 e. The number of para-hydroxylation sites is 2. The van der Waals surface area contributed by atoms with Crippen molar-refractivity contribution in [3.8, 4) is 11.5 Å². The van der Waals surface area contributed by atoms with Crippen molar-refractivity contribution in [1.82, 2.24) is 0 Å². The van der Waals surface area contributed by atoms with Gasteiger partial charge in [0.1, 0.15) is 5.76 Å². The van der Waals surface area contributed by atoms with Crippen molar-refractivity contribution in [1.29, 1.82) is 0 Å². The van der Waals surface area contributed by atoms with Crippen LogP contribution in [0.1, 0.15) is 38.6 Å². The highest BCUT2D eigenvalue weighted by Crippen LogP contribution is 2.32. The van der Waals surface area contributed by atoms with Crippen LogP contribution in [0.25, 0.3) is 0 Å². The lowest BCUT2D eigenvalue weighted by molar-refractivity contribution is 0.137. The second kappa shape index (κ2) is 7.74. The molecule has 0 spiro atoms. The Kier molecular flexibility index (Phi) is 5.69. The summed E-state index contributed by atoms with van der Waals surface area (Å²) in [6.45, 7) is 4.76. The molecule has 0 bridgehead atoms. The van der Waals surface area contributed by atoms with Crippen LogP contribution in [0.2, 0.25) is 0 Å². The van der Waals surface area contributed by atoms with Crippen LogP contribution in [0.5, 0.6) is 11.5 Å². The molecule has 21 heavy (non-hydrogen) atoms. The molecule has 114 valence electrons. The van der Waals surface area contributed by atoms with Gasteiger partial charge in [-0.2, -0.15) is 0 Å². The Labute approximate surface area is 125 Å². The summed E-state index contributed by atoms with van der Waals surface area (Å²) in [5.74, 6) is 2.16. The normalized spacial score (nSPS) is 13.7. The monoisotopic (exact) mass is 289 g/mol. The summed E-state index contributed by atoms with van der Waals surface area (Å²) in [5.41, 5.74) is 6.18. The SMILES string of the molecule is CCCOc1ccccc1OC(c1ccco1)C(N)CC. The molecule has 1 aromatic carbocycles. The number of hydrogen-bond donors (Lipinski definition) is 1. The summed E-state index contributed by atoms with van der Waals surface area (Å²) in [6, 6.07) is 11.2. The molecule has 2 atom stereocenters. The van der Waals surface area contributed by atoms with Crippen molar-refractivity contribution in [3.05, 3.63) is 48.4 Å². The van der Waals surface area contributed by atoms with Gasteiger partial charge in [0.2, 0.25) is 0 Å². The van der Waals surface area contributed by atoms with Crippen molar-refractivity contribution >= 4 is 0 Å². The standard InChI is InChI=1S/C17H23NO3/c1-3-11-19-14-8-5-6-9-15(14)21-17(13(18)4-2)16-10-7-12-20-16/h5-10,12-13,17H,3-4,11,18H2,1-2H3. The zero-order valence-corrected chi connectivity index (χ0v) is 12.6.